The van der Waals surface area contributed by atoms with E-state index in [0.717, 1.165) is 33.4 Å². The molecule has 30 heavy (non-hydrogen) atoms. The molecule has 0 N–H and O–H groups in total. The molecule has 7 nitrogen and oxygen atoms in total. The van der Waals surface area contributed by atoms with Crippen molar-refractivity contribution in [3.05, 3.63) is 92.5 Å². The first kappa shape index (κ1) is 19.9. The van der Waals surface area contributed by atoms with E-state index in [9.17, 15) is 0 Å². The van der Waals surface area contributed by atoms with Crippen molar-refractivity contribution < 1.29 is 20.1 Å². The number of hydrogen-bond acceptors (Lipinski definition) is 6. The number of benzene rings is 1. The number of rotatable bonds is 1. The van der Waals surface area contributed by atoms with E-state index in [-0.39, 0.29) is 20.1 Å². The molecule has 0 atom stereocenters. The van der Waals surface area contributed by atoms with E-state index in [1.54, 1.807) is 24.8 Å². The number of imidazole rings is 1. The molecule has 0 bridgehead atoms. The second kappa shape index (κ2) is 8.57. The topological polar surface area (TPSA) is 62.5 Å². The molecule has 8 heteroatoms. The van der Waals surface area contributed by atoms with Crippen LogP contribution in [0, 0.1) is 18.9 Å². The molecule has 5 heterocycles. The van der Waals surface area contributed by atoms with Gasteiger partial charge in [0.15, 0.2) is 0 Å². The van der Waals surface area contributed by atoms with E-state index in [1.165, 1.54) is 0 Å². The van der Waals surface area contributed by atoms with Gasteiger partial charge in [0, 0.05) is 24.2 Å². The maximum Gasteiger partial charge on any atom is 3.00 e. The summed E-state index contributed by atoms with van der Waals surface area (Å²) in [6, 6.07) is 14.9. The first-order chi connectivity index (χ1) is 14.3. The quantitative estimate of drug-likeness (QED) is 0.227. The zero-order chi connectivity index (χ0) is 19.6. The van der Waals surface area contributed by atoms with E-state index in [0.29, 0.717) is 0 Å². The average molecular weight is 571 g/mol. The van der Waals surface area contributed by atoms with E-state index in [4.69, 9.17) is 0 Å². The molecule has 0 aliphatic carbocycles. The summed E-state index contributed by atoms with van der Waals surface area (Å²) in [5, 5.41) is 0.956. The maximum atomic E-state index is 4.37. The molecule has 0 saturated heterocycles. The molecule has 0 amide bonds. The van der Waals surface area contributed by atoms with Crippen LogP contribution >= 0.6 is 0 Å². The van der Waals surface area contributed by atoms with Crippen molar-refractivity contribution in [2.75, 3.05) is 11.9 Å². The third kappa shape index (κ3) is 3.63. The van der Waals surface area contributed by atoms with Gasteiger partial charge in [0.05, 0.1) is 16.7 Å². The monoisotopic (exact) mass is 571 g/mol. The smallest absolute Gasteiger partial charge is 0.510 e. The van der Waals surface area contributed by atoms with Gasteiger partial charge in [-0.3, -0.25) is 9.97 Å². The predicted octanol–water partition coefficient (Wildman–Crippen LogP) is 3.45. The average Bonchev–Trinajstić information content (AvgIpc) is 3.45. The van der Waals surface area contributed by atoms with Crippen molar-refractivity contribution in [2.24, 2.45) is 0 Å². The van der Waals surface area contributed by atoms with Crippen molar-refractivity contribution >= 4 is 33.4 Å². The minimum absolute atomic E-state index is 0. The SMILES string of the molecule is CN1C=CN(c2[c-]cccc2)[CH-]1.[Ir+3].[c-]1cnc2c3nccnc3c3cccnc3n12. The molecule has 4 aromatic heterocycles. The fourth-order valence-corrected chi connectivity index (χ4v) is 3.19. The summed E-state index contributed by atoms with van der Waals surface area (Å²) in [4.78, 5) is 21.4. The van der Waals surface area contributed by atoms with E-state index in [1.807, 2.05) is 76.7 Å². The van der Waals surface area contributed by atoms with Crippen molar-refractivity contribution in [3.8, 4) is 0 Å². The van der Waals surface area contributed by atoms with Crippen LogP contribution in [0.25, 0.3) is 27.7 Å². The fourth-order valence-electron chi connectivity index (χ4n) is 3.19. The first-order valence-corrected chi connectivity index (χ1v) is 9.04. The Morgan fingerprint density at radius 2 is 1.73 bits per heavy atom. The third-order valence-electron chi connectivity index (χ3n) is 4.49. The number of pyridine rings is 2. The van der Waals surface area contributed by atoms with Crippen molar-refractivity contribution in [2.45, 2.75) is 0 Å². The molecule has 1 aliphatic rings. The Kier molecular flexibility index (Phi) is 5.70. The largest absolute Gasteiger partial charge is 3.00 e. The number of anilines is 1. The van der Waals surface area contributed by atoms with E-state index in [2.05, 4.69) is 32.2 Å². The van der Waals surface area contributed by atoms with Gasteiger partial charge in [-0.15, -0.1) is 5.69 Å². The minimum Gasteiger partial charge on any atom is -0.510 e. The summed E-state index contributed by atoms with van der Waals surface area (Å²) in [6.45, 7) is 2.01. The Labute approximate surface area is 187 Å². The van der Waals surface area contributed by atoms with Crippen LogP contribution in [-0.4, -0.2) is 36.3 Å². The Morgan fingerprint density at radius 1 is 0.867 bits per heavy atom. The predicted molar refractivity (Wildman–Crippen MR) is 111 cm³/mol. The number of nitrogens with zero attached hydrogens (tertiary/aromatic N) is 7. The minimum atomic E-state index is 0. The molecule has 0 saturated carbocycles. The van der Waals surface area contributed by atoms with Crippen molar-refractivity contribution in [3.63, 3.8) is 0 Å². The number of para-hydroxylation sites is 1. The third-order valence-corrected chi connectivity index (χ3v) is 4.49. The summed E-state index contributed by atoms with van der Waals surface area (Å²) < 4.78 is 1.81. The molecule has 1 aliphatic heterocycles. The van der Waals surface area contributed by atoms with E-state index < -0.39 is 0 Å². The van der Waals surface area contributed by atoms with Gasteiger partial charge in [-0.25, -0.2) is 0 Å². The summed E-state index contributed by atoms with van der Waals surface area (Å²) in [7, 11) is 2.00. The van der Waals surface area contributed by atoms with Crippen LogP contribution in [0.3, 0.4) is 0 Å². The molecule has 0 unspecified atom stereocenters. The van der Waals surface area contributed by atoms with Crippen LogP contribution in [0.5, 0.6) is 0 Å². The fraction of sp³-hybridized carbons (Fsp3) is 0.0455. The van der Waals surface area contributed by atoms with Gasteiger partial charge in [0.25, 0.3) is 0 Å². The molecule has 0 spiro atoms. The normalized spacial score (nSPS) is 12.8. The Morgan fingerprint density at radius 3 is 2.50 bits per heavy atom. The van der Waals surface area contributed by atoms with Crippen LogP contribution in [0.2, 0.25) is 0 Å². The summed E-state index contributed by atoms with van der Waals surface area (Å²) in [5.74, 6) is 0. The van der Waals surface area contributed by atoms with Crippen LogP contribution in [0.15, 0.2) is 73.6 Å². The van der Waals surface area contributed by atoms with E-state index >= 15 is 0 Å². The Balaban J connectivity index is 0.000000149. The zero-order valence-corrected chi connectivity index (χ0v) is 18.4. The summed E-state index contributed by atoms with van der Waals surface area (Å²) >= 11 is 0. The van der Waals surface area contributed by atoms with Crippen molar-refractivity contribution in [1.29, 1.82) is 0 Å². The molecule has 0 radical (unpaired) electrons. The Hall–Kier alpha value is -3.35. The molecule has 0 fully saturated rings. The first-order valence-electron chi connectivity index (χ1n) is 9.04. The summed E-state index contributed by atoms with van der Waals surface area (Å²) in [5.41, 5.74) is 4.20. The van der Waals surface area contributed by atoms with Gasteiger partial charge < -0.3 is 24.2 Å². The molecule has 148 valence electrons. The van der Waals surface area contributed by atoms with Crippen LogP contribution in [-0.2, 0) is 20.1 Å². The van der Waals surface area contributed by atoms with Crippen LogP contribution in [0.4, 0.5) is 5.69 Å². The standard InChI is InChI=1S/C12H6N5.C10H10N2.Ir/c1-2-8-9-10(14-5-4-13-9)12-16-6-7-17(12)11(8)15-3-1;1-11-7-8-12(9-11)10-5-3-2-4-6-10;/h1-6H;2-5,7-9H,1H3;/q-1;-2;+3. The molecular formula is C22H16IrN7. The van der Waals surface area contributed by atoms with Gasteiger partial charge in [0.2, 0.25) is 0 Å². The summed E-state index contributed by atoms with van der Waals surface area (Å²) in [6.07, 6.45) is 13.8. The number of hydrogen-bond donors (Lipinski definition) is 0. The van der Waals surface area contributed by atoms with Gasteiger partial charge >= 0.3 is 20.1 Å². The van der Waals surface area contributed by atoms with Crippen molar-refractivity contribution in [1.82, 2.24) is 29.2 Å². The molecule has 1 aromatic carbocycles. The second-order valence-electron chi connectivity index (χ2n) is 6.41. The zero-order valence-electron chi connectivity index (χ0n) is 16.0. The van der Waals surface area contributed by atoms with Crippen LogP contribution in [0.1, 0.15) is 0 Å². The van der Waals surface area contributed by atoms with Crippen LogP contribution < -0.4 is 4.90 Å². The maximum absolute atomic E-state index is 4.37. The Bertz CT molecular complexity index is 1250. The molecule has 5 aromatic rings. The second-order valence-corrected chi connectivity index (χ2v) is 6.41. The number of fused-ring (bicyclic) bond motifs is 6. The number of aromatic nitrogens is 5. The van der Waals surface area contributed by atoms with Gasteiger partial charge in [-0.1, -0.05) is 12.3 Å². The molecular weight excluding hydrogens is 555 g/mol. The van der Waals surface area contributed by atoms with Gasteiger partial charge in [-0.2, -0.15) is 37.0 Å². The van der Waals surface area contributed by atoms with Gasteiger partial charge in [0.1, 0.15) is 0 Å². The van der Waals surface area contributed by atoms with Gasteiger partial charge in [-0.05, 0) is 37.1 Å². The molecule has 6 rings (SSSR count).